The molecule has 1 rings (SSSR count). The van der Waals surface area contributed by atoms with E-state index in [1.807, 2.05) is 6.92 Å². The summed E-state index contributed by atoms with van der Waals surface area (Å²) in [4.78, 5) is 13.6. The van der Waals surface area contributed by atoms with E-state index in [9.17, 15) is 4.79 Å². The molecule has 1 saturated heterocycles. The minimum Gasteiger partial charge on any atom is -0.394 e. The van der Waals surface area contributed by atoms with Gasteiger partial charge in [-0.2, -0.15) is 0 Å². The Bertz CT molecular complexity index is 232. The third kappa shape index (κ3) is 3.73. The zero-order valence-corrected chi connectivity index (χ0v) is 9.93. The SMILES string of the molecule is CC(O)CCC(=O)N1CC(CO)OCC1C. The lowest BCUT2D eigenvalue weighted by molar-refractivity contribution is -0.146. The Hall–Kier alpha value is -0.650. The van der Waals surface area contributed by atoms with Crippen LogP contribution in [0.25, 0.3) is 0 Å². The standard InChI is InChI=1S/C11H21NO4/c1-8-7-16-10(6-13)5-12(8)11(15)4-3-9(2)14/h8-10,13-14H,3-7H2,1-2H3. The average Bonchev–Trinajstić information content (AvgIpc) is 2.26. The number of aliphatic hydroxyl groups excluding tert-OH is 2. The Morgan fingerprint density at radius 1 is 1.62 bits per heavy atom. The molecular weight excluding hydrogens is 210 g/mol. The number of carbonyl (C=O) groups excluding carboxylic acids is 1. The molecule has 0 aromatic heterocycles. The molecule has 1 aliphatic heterocycles. The molecule has 94 valence electrons. The van der Waals surface area contributed by atoms with Crippen LogP contribution in [0.3, 0.4) is 0 Å². The van der Waals surface area contributed by atoms with Crippen LogP contribution in [-0.2, 0) is 9.53 Å². The summed E-state index contributed by atoms with van der Waals surface area (Å²) in [6.45, 7) is 4.44. The summed E-state index contributed by atoms with van der Waals surface area (Å²) in [5.41, 5.74) is 0. The number of morpholine rings is 1. The Labute approximate surface area is 96.0 Å². The van der Waals surface area contributed by atoms with E-state index in [0.717, 1.165) is 0 Å². The van der Waals surface area contributed by atoms with Crippen LogP contribution in [0, 0.1) is 0 Å². The molecule has 0 aromatic rings. The van der Waals surface area contributed by atoms with Crippen LogP contribution in [0.5, 0.6) is 0 Å². The molecule has 5 nitrogen and oxygen atoms in total. The minimum absolute atomic E-state index is 0.0233. The molecule has 1 heterocycles. The first-order valence-corrected chi connectivity index (χ1v) is 5.74. The number of nitrogens with zero attached hydrogens (tertiary/aromatic N) is 1. The summed E-state index contributed by atoms with van der Waals surface area (Å²) in [7, 11) is 0. The molecule has 1 amide bonds. The molecule has 0 radical (unpaired) electrons. The lowest BCUT2D eigenvalue weighted by Crippen LogP contribution is -2.52. The molecule has 3 unspecified atom stereocenters. The van der Waals surface area contributed by atoms with Gasteiger partial charge in [0.25, 0.3) is 0 Å². The van der Waals surface area contributed by atoms with E-state index < -0.39 is 6.10 Å². The van der Waals surface area contributed by atoms with Gasteiger partial charge >= 0.3 is 0 Å². The third-order valence-electron chi connectivity index (χ3n) is 2.81. The Morgan fingerprint density at radius 3 is 2.88 bits per heavy atom. The van der Waals surface area contributed by atoms with Gasteiger partial charge in [0.15, 0.2) is 0 Å². The van der Waals surface area contributed by atoms with Crippen LogP contribution in [-0.4, -0.2) is 59.0 Å². The molecule has 0 aliphatic carbocycles. The summed E-state index contributed by atoms with van der Waals surface area (Å²) in [6, 6.07) is 0.0456. The van der Waals surface area contributed by atoms with Gasteiger partial charge in [-0.1, -0.05) is 0 Å². The monoisotopic (exact) mass is 231 g/mol. The number of aliphatic hydroxyl groups is 2. The highest BCUT2D eigenvalue weighted by molar-refractivity contribution is 5.76. The van der Waals surface area contributed by atoms with Gasteiger partial charge in [-0.15, -0.1) is 0 Å². The molecular formula is C11H21NO4. The normalized spacial score (nSPS) is 27.9. The zero-order valence-electron chi connectivity index (χ0n) is 9.93. The van der Waals surface area contributed by atoms with Crippen molar-refractivity contribution in [3.63, 3.8) is 0 Å². The van der Waals surface area contributed by atoms with Gasteiger partial charge in [0, 0.05) is 13.0 Å². The maximum absolute atomic E-state index is 11.9. The maximum atomic E-state index is 11.9. The molecule has 0 bridgehead atoms. The summed E-state index contributed by atoms with van der Waals surface area (Å²) in [5, 5.41) is 18.1. The summed E-state index contributed by atoms with van der Waals surface area (Å²) >= 11 is 0. The molecule has 16 heavy (non-hydrogen) atoms. The number of rotatable bonds is 4. The number of ether oxygens (including phenoxy) is 1. The molecule has 0 saturated carbocycles. The van der Waals surface area contributed by atoms with Gasteiger partial charge in [-0.05, 0) is 20.3 Å². The van der Waals surface area contributed by atoms with Crippen LogP contribution in [0.1, 0.15) is 26.7 Å². The first kappa shape index (κ1) is 13.4. The summed E-state index contributed by atoms with van der Waals surface area (Å²) in [5.74, 6) is 0.0233. The van der Waals surface area contributed by atoms with Crippen LogP contribution in [0.15, 0.2) is 0 Å². The van der Waals surface area contributed by atoms with Crippen molar-refractivity contribution in [1.29, 1.82) is 0 Å². The number of hydrogen-bond donors (Lipinski definition) is 2. The summed E-state index contributed by atoms with van der Waals surface area (Å²) in [6.07, 6.45) is 0.105. The minimum atomic E-state index is -0.450. The predicted octanol–water partition coefficient (Wildman–Crippen LogP) is -0.244. The van der Waals surface area contributed by atoms with Gasteiger partial charge in [0.1, 0.15) is 0 Å². The highest BCUT2D eigenvalue weighted by Gasteiger charge is 2.28. The van der Waals surface area contributed by atoms with E-state index in [4.69, 9.17) is 14.9 Å². The van der Waals surface area contributed by atoms with Gasteiger partial charge in [-0.3, -0.25) is 4.79 Å². The lowest BCUT2D eigenvalue weighted by atomic mass is 10.1. The quantitative estimate of drug-likeness (QED) is 0.700. The highest BCUT2D eigenvalue weighted by atomic mass is 16.5. The van der Waals surface area contributed by atoms with Crippen LogP contribution >= 0.6 is 0 Å². The number of carbonyl (C=O) groups is 1. The average molecular weight is 231 g/mol. The molecule has 1 fully saturated rings. The van der Waals surface area contributed by atoms with E-state index in [-0.39, 0.29) is 24.7 Å². The van der Waals surface area contributed by atoms with E-state index in [2.05, 4.69) is 0 Å². The van der Waals surface area contributed by atoms with Crippen molar-refractivity contribution in [2.24, 2.45) is 0 Å². The first-order valence-electron chi connectivity index (χ1n) is 5.74. The molecule has 2 N–H and O–H groups in total. The van der Waals surface area contributed by atoms with Crippen LogP contribution in [0.2, 0.25) is 0 Å². The van der Waals surface area contributed by atoms with E-state index >= 15 is 0 Å². The van der Waals surface area contributed by atoms with Crippen molar-refractivity contribution >= 4 is 5.91 Å². The molecule has 1 aliphatic rings. The highest BCUT2D eigenvalue weighted by Crippen LogP contribution is 2.13. The Kier molecular flexibility index (Phi) is 5.18. The third-order valence-corrected chi connectivity index (χ3v) is 2.81. The lowest BCUT2D eigenvalue weighted by Gasteiger charge is -2.37. The number of hydrogen-bond acceptors (Lipinski definition) is 4. The first-order chi connectivity index (χ1) is 7.54. The Morgan fingerprint density at radius 2 is 2.31 bits per heavy atom. The van der Waals surface area contributed by atoms with Crippen LogP contribution in [0.4, 0.5) is 0 Å². The smallest absolute Gasteiger partial charge is 0.223 e. The van der Waals surface area contributed by atoms with Crippen LogP contribution < -0.4 is 0 Å². The van der Waals surface area contributed by atoms with Gasteiger partial charge in [0.05, 0.1) is 31.5 Å². The fourth-order valence-electron chi connectivity index (χ4n) is 1.75. The molecule has 0 aromatic carbocycles. The second kappa shape index (κ2) is 6.18. The van der Waals surface area contributed by atoms with Crippen molar-refractivity contribution in [2.45, 2.75) is 44.9 Å². The number of amides is 1. The van der Waals surface area contributed by atoms with Crippen molar-refractivity contribution in [3.05, 3.63) is 0 Å². The molecule has 5 heteroatoms. The van der Waals surface area contributed by atoms with Gasteiger partial charge < -0.3 is 19.8 Å². The van der Waals surface area contributed by atoms with Crippen molar-refractivity contribution in [1.82, 2.24) is 4.90 Å². The van der Waals surface area contributed by atoms with Gasteiger partial charge in [0.2, 0.25) is 5.91 Å². The van der Waals surface area contributed by atoms with Crippen molar-refractivity contribution in [2.75, 3.05) is 19.8 Å². The van der Waals surface area contributed by atoms with Crippen molar-refractivity contribution < 1.29 is 19.7 Å². The predicted molar refractivity (Wildman–Crippen MR) is 58.9 cm³/mol. The molecule has 0 spiro atoms. The largest absolute Gasteiger partial charge is 0.394 e. The van der Waals surface area contributed by atoms with E-state index in [0.29, 0.717) is 26.0 Å². The zero-order chi connectivity index (χ0) is 12.1. The molecule has 3 atom stereocenters. The fourth-order valence-corrected chi connectivity index (χ4v) is 1.75. The second-order valence-electron chi connectivity index (χ2n) is 4.42. The fraction of sp³-hybridized carbons (Fsp3) is 0.909. The summed E-state index contributed by atoms with van der Waals surface area (Å²) < 4.78 is 5.35. The maximum Gasteiger partial charge on any atom is 0.223 e. The van der Waals surface area contributed by atoms with E-state index in [1.54, 1.807) is 11.8 Å². The topological polar surface area (TPSA) is 70.0 Å². The van der Waals surface area contributed by atoms with Gasteiger partial charge in [-0.25, -0.2) is 0 Å². The Balaban J connectivity index is 2.45. The van der Waals surface area contributed by atoms with E-state index in [1.165, 1.54) is 0 Å². The van der Waals surface area contributed by atoms with Crippen molar-refractivity contribution in [3.8, 4) is 0 Å². The second-order valence-corrected chi connectivity index (χ2v) is 4.42.